The lowest BCUT2D eigenvalue weighted by Gasteiger charge is -2.30. The van der Waals surface area contributed by atoms with Crippen LogP contribution >= 0.6 is 0 Å². The molecule has 4 rings (SSSR count). The van der Waals surface area contributed by atoms with Gasteiger partial charge in [0.15, 0.2) is 6.04 Å². The summed E-state index contributed by atoms with van der Waals surface area (Å²) in [6, 6.07) is 22.6. The summed E-state index contributed by atoms with van der Waals surface area (Å²) in [4.78, 5) is 14.8. The number of benzene rings is 2. The molecule has 1 aliphatic heterocycles. The summed E-state index contributed by atoms with van der Waals surface area (Å²) >= 11 is 0. The number of hydrogen-bond donors (Lipinski definition) is 2. The average Bonchev–Trinajstić information content (AvgIpc) is 3.33. The zero-order chi connectivity index (χ0) is 19.5. The fourth-order valence-corrected chi connectivity index (χ4v) is 4.42. The van der Waals surface area contributed by atoms with Crippen LogP contribution in [0.2, 0.25) is 0 Å². The van der Waals surface area contributed by atoms with Crippen LogP contribution in [0.1, 0.15) is 41.7 Å². The molecule has 0 saturated carbocycles. The molecule has 1 aromatic heterocycles. The van der Waals surface area contributed by atoms with E-state index in [0.717, 1.165) is 30.6 Å². The molecule has 0 radical (unpaired) electrons. The Morgan fingerprint density at radius 3 is 2.50 bits per heavy atom. The summed E-state index contributed by atoms with van der Waals surface area (Å²) in [5, 5.41) is 3.16. The van der Waals surface area contributed by atoms with Crippen LogP contribution in [0.25, 0.3) is 0 Å². The van der Waals surface area contributed by atoms with Crippen molar-refractivity contribution in [2.75, 3.05) is 11.9 Å². The summed E-state index contributed by atoms with van der Waals surface area (Å²) < 4.78 is 2.19. The molecule has 2 heterocycles. The second-order valence-corrected chi connectivity index (χ2v) is 7.76. The predicted octanol–water partition coefficient (Wildman–Crippen LogP) is 3.43. The lowest BCUT2D eigenvalue weighted by atomic mass is 10.0. The van der Waals surface area contributed by atoms with Gasteiger partial charge in [-0.25, -0.2) is 0 Å². The van der Waals surface area contributed by atoms with Crippen molar-refractivity contribution in [3.63, 3.8) is 0 Å². The molecule has 1 saturated heterocycles. The molecule has 0 spiro atoms. The molecule has 1 unspecified atom stereocenters. The number of anilines is 1. The van der Waals surface area contributed by atoms with Crippen LogP contribution in [0.5, 0.6) is 0 Å². The maximum atomic E-state index is 13.4. The Bertz CT molecular complexity index is 930. The minimum absolute atomic E-state index is 0.0613. The first-order chi connectivity index (χ1) is 13.6. The highest BCUT2D eigenvalue weighted by Crippen LogP contribution is 2.24. The highest BCUT2D eigenvalue weighted by Gasteiger charge is 2.41. The quantitative estimate of drug-likeness (QED) is 0.706. The van der Waals surface area contributed by atoms with Crippen molar-refractivity contribution >= 4 is 11.6 Å². The molecule has 28 heavy (non-hydrogen) atoms. The molecule has 1 aliphatic rings. The third kappa shape index (κ3) is 3.73. The highest BCUT2D eigenvalue weighted by molar-refractivity contribution is 5.94. The van der Waals surface area contributed by atoms with E-state index in [4.69, 9.17) is 0 Å². The summed E-state index contributed by atoms with van der Waals surface area (Å²) in [6.45, 7) is 3.05. The first-order valence-corrected chi connectivity index (χ1v) is 10.0. The van der Waals surface area contributed by atoms with Crippen molar-refractivity contribution in [3.05, 3.63) is 89.7 Å². The summed E-state index contributed by atoms with van der Waals surface area (Å²) in [6.07, 6.45) is 4.33. The fourth-order valence-electron chi connectivity index (χ4n) is 4.42. The highest BCUT2D eigenvalue weighted by atomic mass is 16.2. The topological polar surface area (TPSA) is 38.5 Å². The van der Waals surface area contributed by atoms with E-state index in [-0.39, 0.29) is 11.9 Å². The molecule has 2 aromatic carbocycles. The molecular weight excluding hydrogens is 346 g/mol. The number of amides is 1. The number of aromatic nitrogens is 1. The molecule has 4 heteroatoms. The smallest absolute Gasteiger partial charge is 0.287 e. The van der Waals surface area contributed by atoms with Crippen LogP contribution in [0, 0.1) is 6.92 Å². The van der Waals surface area contributed by atoms with Crippen LogP contribution < -0.4 is 10.2 Å². The number of likely N-dealkylation sites (tertiary alicyclic amines) is 1. The number of nitrogens with zero attached hydrogens (tertiary/aromatic N) is 1. The third-order valence-corrected chi connectivity index (χ3v) is 5.83. The second-order valence-electron chi connectivity index (χ2n) is 7.76. The van der Waals surface area contributed by atoms with E-state index >= 15 is 0 Å². The van der Waals surface area contributed by atoms with Gasteiger partial charge in [-0.3, -0.25) is 4.79 Å². The Balaban J connectivity index is 1.66. The zero-order valence-electron chi connectivity index (χ0n) is 16.6. The Morgan fingerprint density at radius 2 is 1.82 bits per heavy atom. The SMILES string of the molecule is Cc1ccc(NC(=O)[C@@H](c2ccccc2)[NH+]2CCC[C@@H]2c2cccn2C)cc1. The maximum Gasteiger partial charge on any atom is 0.287 e. The summed E-state index contributed by atoms with van der Waals surface area (Å²) in [7, 11) is 2.09. The van der Waals surface area contributed by atoms with Crippen molar-refractivity contribution in [3.8, 4) is 0 Å². The molecule has 0 bridgehead atoms. The zero-order valence-corrected chi connectivity index (χ0v) is 16.6. The van der Waals surface area contributed by atoms with Gasteiger partial charge in [0, 0.05) is 37.3 Å². The van der Waals surface area contributed by atoms with Gasteiger partial charge in [0.05, 0.1) is 12.2 Å². The van der Waals surface area contributed by atoms with Crippen LogP contribution in [-0.4, -0.2) is 17.0 Å². The predicted molar refractivity (Wildman–Crippen MR) is 112 cm³/mol. The monoisotopic (exact) mass is 374 g/mol. The number of nitrogens with one attached hydrogen (secondary N) is 2. The van der Waals surface area contributed by atoms with Gasteiger partial charge in [0.1, 0.15) is 6.04 Å². The Kier molecular flexibility index (Phi) is 5.31. The molecule has 2 N–H and O–H groups in total. The number of carbonyl (C=O) groups excluding carboxylic acids is 1. The number of aryl methyl sites for hydroxylation is 2. The van der Waals surface area contributed by atoms with Crippen molar-refractivity contribution < 1.29 is 9.69 Å². The van der Waals surface area contributed by atoms with E-state index in [0.29, 0.717) is 6.04 Å². The summed E-state index contributed by atoms with van der Waals surface area (Å²) in [5.41, 5.74) is 4.41. The Hall–Kier alpha value is -2.85. The summed E-state index contributed by atoms with van der Waals surface area (Å²) in [5.74, 6) is 0.0613. The number of hydrogen-bond acceptors (Lipinski definition) is 1. The number of rotatable bonds is 5. The molecule has 1 fully saturated rings. The van der Waals surface area contributed by atoms with E-state index in [1.807, 2.05) is 42.5 Å². The van der Waals surface area contributed by atoms with E-state index in [2.05, 4.69) is 54.3 Å². The molecule has 144 valence electrons. The van der Waals surface area contributed by atoms with E-state index in [1.165, 1.54) is 16.2 Å². The van der Waals surface area contributed by atoms with E-state index < -0.39 is 0 Å². The molecule has 4 nitrogen and oxygen atoms in total. The third-order valence-electron chi connectivity index (χ3n) is 5.83. The molecular formula is C24H28N3O+. The van der Waals surface area contributed by atoms with E-state index in [1.54, 1.807) is 0 Å². The fraction of sp³-hybridized carbons (Fsp3) is 0.292. The molecule has 3 atom stereocenters. The Morgan fingerprint density at radius 1 is 1.07 bits per heavy atom. The molecule has 1 amide bonds. The lowest BCUT2D eigenvalue weighted by Crippen LogP contribution is -3.11. The second kappa shape index (κ2) is 8.03. The lowest BCUT2D eigenvalue weighted by molar-refractivity contribution is -0.940. The largest absolute Gasteiger partial charge is 0.350 e. The van der Waals surface area contributed by atoms with Crippen molar-refractivity contribution in [1.29, 1.82) is 0 Å². The van der Waals surface area contributed by atoms with Crippen LogP contribution in [0.4, 0.5) is 5.69 Å². The standard InChI is InChI=1S/C24H27N3O/c1-18-12-14-20(15-13-18)25-24(28)23(19-8-4-3-5-9-19)27-17-7-11-22(27)21-10-6-16-26(21)2/h3-6,8-10,12-16,22-23H,7,11,17H2,1-2H3,(H,25,28)/p+1/t22-,23-/m1/s1. The normalized spacial score (nSPS) is 20.1. The van der Waals surface area contributed by atoms with Gasteiger partial charge in [-0.2, -0.15) is 0 Å². The number of quaternary nitrogens is 1. The van der Waals surface area contributed by atoms with Crippen LogP contribution in [0.3, 0.4) is 0 Å². The first kappa shape index (κ1) is 18.5. The molecule has 0 aliphatic carbocycles. The number of carbonyl (C=O) groups is 1. The van der Waals surface area contributed by atoms with Gasteiger partial charge >= 0.3 is 0 Å². The van der Waals surface area contributed by atoms with E-state index in [9.17, 15) is 4.79 Å². The van der Waals surface area contributed by atoms with Crippen molar-refractivity contribution in [2.45, 2.75) is 31.8 Å². The van der Waals surface area contributed by atoms with Crippen molar-refractivity contribution in [2.24, 2.45) is 7.05 Å². The first-order valence-electron chi connectivity index (χ1n) is 10.0. The Labute approximate surface area is 166 Å². The average molecular weight is 375 g/mol. The minimum Gasteiger partial charge on any atom is -0.350 e. The van der Waals surface area contributed by atoms with Gasteiger partial charge in [-0.05, 0) is 31.2 Å². The van der Waals surface area contributed by atoms with Gasteiger partial charge in [0.2, 0.25) is 0 Å². The van der Waals surface area contributed by atoms with Gasteiger partial charge in [-0.15, -0.1) is 0 Å². The maximum absolute atomic E-state index is 13.4. The van der Waals surface area contributed by atoms with Gasteiger partial charge < -0.3 is 14.8 Å². The minimum atomic E-state index is -0.232. The van der Waals surface area contributed by atoms with Crippen molar-refractivity contribution in [1.82, 2.24) is 4.57 Å². The van der Waals surface area contributed by atoms with Gasteiger partial charge in [0.25, 0.3) is 5.91 Å². The molecule has 3 aromatic rings. The van der Waals surface area contributed by atoms with Crippen LogP contribution in [-0.2, 0) is 11.8 Å². The van der Waals surface area contributed by atoms with Gasteiger partial charge in [-0.1, -0.05) is 48.0 Å². The van der Waals surface area contributed by atoms with Crippen LogP contribution in [0.15, 0.2) is 72.9 Å².